The molecule has 2 amide bonds. The van der Waals surface area contributed by atoms with Crippen LogP contribution >= 0.6 is 0 Å². The molecule has 0 spiro atoms. The van der Waals surface area contributed by atoms with Gasteiger partial charge in [-0.25, -0.2) is 4.68 Å². The van der Waals surface area contributed by atoms with Crippen LogP contribution in [0.1, 0.15) is 17.3 Å². The summed E-state index contributed by atoms with van der Waals surface area (Å²) >= 11 is 0. The van der Waals surface area contributed by atoms with E-state index in [-0.39, 0.29) is 24.0 Å². The van der Waals surface area contributed by atoms with E-state index in [9.17, 15) is 19.7 Å². The number of fused-ring (bicyclic) bond motifs is 1. The van der Waals surface area contributed by atoms with E-state index >= 15 is 0 Å². The highest BCUT2D eigenvalue weighted by Crippen LogP contribution is 2.32. The normalized spacial score (nSPS) is 12.2. The van der Waals surface area contributed by atoms with E-state index in [2.05, 4.69) is 10.4 Å². The summed E-state index contributed by atoms with van der Waals surface area (Å²) in [6.07, 6.45) is 2.91. The summed E-state index contributed by atoms with van der Waals surface area (Å²) in [6.45, 7) is 2.86. The van der Waals surface area contributed by atoms with Gasteiger partial charge in [0.1, 0.15) is 19.8 Å². The predicted molar refractivity (Wildman–Crippen MR) is 118 cm³/mol. The monoisotopic (exact) mass is 451 g/mol. The lowest BCUT2D eigenvalue weighted by Gasteiger charge is -2.21. The highest BCUT2D eigenvalue weighted by molar-refractivity contribution is 5.99. The van der Waals surface area contributed by atoms with E-state index in [0.717, 1.165) is 0 Å². The Balaban J connectivity index is 1.41. The zero-order valence-electron chi connectivity index (χ0n) is 17.8. The number of carbonyl (C=O) groups is 2. The Bertz CT molecular complexity index is 1190. The first-order valence-electron chi connectivity index (χ1n) is 10.2. The quantitative estimate of drug-likeness (QED) is 0.432. The molecule has 1 aliphatic heterocycles. The molecule has 0 radical (unpaired) electrons. The Labute approximate surface area is 188 Å². The van der Waals surface area contributed by atoms with Gasteiger partial charge in [-0.2, -0.15) is 5.10 Å². The van der Waals surface area contributed by atoms with Crippen LogP contribution in [0.4, 0.5) is 11.4 Å². The maximum Gasteiger partial charge on any atom is 0.269 e. The van der Waals surface area contributed by atoms with Crippen molar-refractivity contribution in [3.8, 4) is 17.2 Å². The number of nitrogens with zero attached hydrogens (tertiary/aromatic N) is 4. The molecule has 0 unspecified atom stereocenters. The molecule has 33 heavy (non-hydrogen) atoms. The van der Waals surface area contributed by atoms with Crippen LogP contribution in [-0.2, 0) is 4.79 Å². The molecule has 1 N–H and O–H groups in total. The number of nitrogens with one attached hydrogen (secondary N) is 1. The molecule has 0 saturated carbocycles. The summed E-state index contributed by atoms with van der Waals surface area (Å²) in [6, 6.07) is 10.9. The van der Waals surface area contributed by atoms with Gasteiger partial charge in [-0.3, -0.25) is 19.7 Å². The van der Waals surface area contributed by atoms with Crippen molar-refractivity contribution in [3.63, 3.8) is 0 Å². The second-order valence-electron chi connectivity index (χ2n) is 7.17. The smallest absolute Gasteiger partial charge is 0.269 e. The Morgan fingerprint density at radius 1 is 1.15 bits per heavy atom. The Hall–Kier alpha value is -4.41. The molecular formula is C22H21N5O6. The maximum atomic E-state index is 12.9. The molecule has 2 heterocycles. The largest absolute Gasteiger partial charge is 0.486 e. The summed E-state index contributed by atoms with van der Waals surface area (Å²) < 4.78 is 12.4. The predicted octanol–water partition coefficient (Wildman–Crippen LogP) is 2.65. The number of ether oxygens (including phenoxy) is 2. The van der Waals surface area contributed by atoms with Crippen LogP contribution in [0.3, 0.4) is 0 Å². The minimum atomic E-state index is -0.489. The van der Waals surface area contributed by atoms with Crippen LogP contribution in [0, 0.1) is 10.1 Å². The fraction of sp³-hybridized carbons (Fsp3) is 0.227. The number of non-ortho nitro benzene ring substituents is 1. The second kappa shape index (κ2) is 9.39. The van der Waals surface area contributed by atoms with Crippen molar-refractivity contribution in [2.24, 2.45) is 0 Å². The van der Waals surface area contributed by atoms with Gasteiger partial charge < -0.3 is 19.7 Å². The number of hydrogen-bond donors (Lipinski definition) is 1. The van der Waals surface area contributed by atoms with Gasteiger partial charge in [0.05, 0.1) is 22.4 Å². The van der Waals surface area contributed by atoms with Crippen molar-refractivity contribution in [1.82, 2.24) is 14.7 Å². The first-order valence-corrected chi connectivity index (χ1v) is 10.2. The molecule has 11 nitrogen and oxygen atoms in total. The fourth-order valence-electron chi connectivity index (χ4n) is 3.31. The van der Waals surface area contributed by atoms with E-state index in [1.54, 1.807) is 25.1 Å². The molecule has 0 fully saturated rings. The zero-order chi connectivity index (χ0) is 23.4. The summed E-state index contributed by atoms with van der Waals surface area (Å²) in [5, 5.41) is 17.7. The maximum absolute atomic E-state index is 12.9. The van der Waals surface area contributed by atoms with Crippen molar-refractivity contribution >= 4 is 23.2 Å². The third-order valence-corrected chi connectivity index (χ3v) is 4.98. The lowest BCUT2D eigenvalue weighted by molar-refractivity contribution is -0.384. The van der Waals surface area contributed by atoms with E-state index in [1.807, 2.05) is 0 Å². The first kappa shape index (κ1) is 21.8. The summed E-state index contributed by atoms with van der Waals surface area (Å²) in [5.74, 6) is 0.461. The number of nitro groups is 1. The molecule has 0 aliphatic carbocycles. The van der Waals surface area contributed by atoms with Crippen LogP contribution in [0.5, 0.6) is 11.5 Å². The van der Waals surface area contributed by atoms with Crippen molar-refractivity contribution in [2.75, 3.05) is 31.6 Å². The lowest BCUT2D eigenvalue weighted by atomic mass is 10.2. The molecule has 3 aromatic rings. The van der Waals surface area contributed by atoms with Gasteiger partial charge in [-0.05, 0) is 31.2 Å². The van der Waals surface area contributed by atoms with Gasteiger partial charge in [0, 0.05) is 36.6 Å². The van der Waals surface area contributed by atoms with Gasteiger partial charge in [0.2, 0.25) is 5.91 Å². The van der Waals surface area contributed by atoms with Crippen molar-refractivity contribution < 1.29 is 24.0 Å². The average molecular weight is 451 g/mol. The molecule has 170 valence electrons. The summed E-state index contributed by atoms with van der Waals surface area (Å²) in [7, 11) is 0. The number of amides is 2. The van der Waals surface area contributed by atoms with E-state index in [0.29, 0.717) is 48.2 Å². The SMILES string of the molecule is CCN(CC(=O)Nc1ccc2c(c1)OCCO2)C(=O)c1cnn(-c2ccc([N+](=O)[O-])cc2)c1. The number of anilines is 1. The molecule has 0 atom stereocenters. The number of rotatable bonds is 7. The summed E-state index contributed by atoms with van der Waals surface area (Å²) in [4.78, 5) is 37.2. The Morgan fingerprint density at radius 3 is 2.58 bits per heavy atom. The van der Waals surface area contributed by atoms with Crippen LogP contribution in [0.2, 0.25) is 0 Å². The molecule has 4 rings (SSSR count). The van der Waals surface area contributed by atoms with Crippen LogP contribution in [0.15, 0.2) is 54.9 Å². The van der Waals surface area contributed by atoms with E-state index < -0.39 is 4.92 Å². The second-order valence-corrected chi connectivity index (χ2v) is 7.17. The number of nitro benzene ring substituents is 1. The Kier molecular flexibility index (Phi) is 6.20. The van der Waals surface area contributed by atoms with E-state index in [1.165, 1.54) is 46.2 Å². The van der Waals surface area contributed by atoms with Crippen molar-refractivity contribution in [2.45, 2.75) is 6.92 Å². The topological polar surface area (TPSA) is 129 Å². The number of aromatic nitrogens is 2. The van der Waals surface area contributed by atoms with Gasteiger partial charge in [-0.15, -0.1) is 0 Å². The van der Waals surface area contributed by atoms with E-state index in [4.69, 9.17) is 9.47 Å². The van der Waals surface area contributed by atoms with Crippen molar-refractivity contribution in [1.29, 1.82) is 0 Å². The van der Waals surface area contributed by atoms with Gasteiger partial charge in [0.25, 0.3) is 11.6 Å². The third kappa shape index (κ3) is 4.92. The lowest BCUT2D eigenvalue weighted by Crippen LogP contribution is -2.37. The molecule has 2 aromatic carbocycles. The molecule has 1 aromatic heterocycles. The third-order valence-electron chi connectivity index (χ3n) is 4.98. The van der Waals surface area contributed by atoms with Crippen LogP contribution in [0.25, 0.3) is 5.69 Å². The highest BCUT2D eigenvalue weighted by Gasteiger charge is 2.20. The first-order chi connectivity index (χ1) is 15.9. The number of benzene rings is 2. The zero-order valence-corrected chi connectivity index (χ0v) is 17.8. The van der Waals surface area contributed by atoms with Crippen molar-refractivity contribution in [3.05, 3.63) is 70.5 Å². The Morgan fingerprint density at radius 2 is 1.88 bits per heavy atom. The van der Waals surface area contributed by atoms with Gasteiger partial charge in [0.15, 0.2) is 11.5 Å². The molecule has 0 saturated heterocycles. The highest BCUT2D eigenvalue weighted by atomic mass is 16.6. The fourth-order valence-corrected chi connectivity index (χ4v) is 3.31. The minimum Gasteiger partial charge on any atom is -0.486 e. The molecule has 11 heteroatoms. The van der Waals surface area contributed by atoms with Crippen LogP contribution < -0.4 is 14.8 Å². The average Bonchev–Trinajstić information content (AvgIpc) is 3.32. The van der Waals surface area contributed by atoms with Gasteiger partial charge >= 0.3 is 0 Å². The minimum absolute atomic E-state index is 0.0385. The standard InChI is InChI=1S/C22H21N5O6/c1-2-25(14-21(28)24-16-3-8-19-20(11-16)33-10-9-32-19)22(29)15-12-23-26(13-15)17-4-6-18(7-5-17)27(30)31/h3-8,11-13H,2,9-10,14H2,1H3,(H,24,28). The number of likely N-dealkylation sites (N-methyl/N-ethyl adjacent to an activating group) is 1. The van der Waals surface area contributed by atoms with Gasteiger partial charge in [-0.1, -0.05) is 0 Å². The summed E-state index contributed by atoms with van der Waals surface area (Å²) in [5.41, 5.74) is 1.36. The number of carbonyl (C=O) groups excluding carboxylic acids is 2. The molecule has 1 aliphatic rings. The molecule has 0 bridgehead atoms. The molecular weight excluding hydrogens is 430 g/mol. The number of hydrogen-bond acceptors (Lipinski definition) is 7. The van der Waals surface area contributed by atoms with Crippen LogP contribution in [-0.4, -0.2) is 57.7 Å².